The van der Waals surface area contributed by atoms with Crippen LogP contribution in [-0.4, -0.2) is 35.6 Å². The Kier molecular flexibility index (Phi) is 8.32. The quantitative estimate of drug-likeness (QED) is 0.437. The lowest BCUT2D eigenvalue weighted by atomic mass is 9.99. The monoisotopic (exact) mass is 259 g/mol. The molecule has 0 heterocycles. The molecule has 6 heteroatoms. The Labute approximate surface area is 108 Å². The summed E-state index contributed by atoms with van der Waals surface area (Å²) in [4.78, 5) is 22.8. The van der Waals surface area contributed by atoms with E-state index in [0.29, 0.717) is 19.4 Å². The number of rotatable bonds is 9. The lowest BCUT2D eigenvalue weighted by Gasteiger charge is -2.21. The molecule has 0 bridgehead atoms. The van der Waals surface area contributed by atoms with Crippen molar-refractivity contribution in [3.63, 3.8) is 0 Å². The molecule has 0 saturated heterocycles. The van der Waals surface area contributed by atoms with Gasteiger partial charge in [-0.15, -0.1) is 0 Å². The van der Waals surface area contributed by atoms with Crippen LogP contribution >= 0.6 is 0 Å². The first-order chi connectivity index (χ1) is 8.43. The van der Waals surface area contributed by atoms with Crippen LogP contribution in [-0.2, 0) is 9.59 Å². The zero-order valence-corrected chi connectivity index (χ0v) is 11.2. The molecule has 106 valence electrons. The van der Waals surface area contributed by atoms with Gasteiger partial charge in [-0.3, -0.25) is 4.79 Å². The second kappa shape index (κ2) is 8.88. The zero-order chi connectivity index (χ0) is 14.1. The fourth-order valence-electron chi connectivity index (χ4n) is 1.53. The van der Waals surface area contributed by atoms with Crippen molar-refractivity contribution in [2.24, 2.45) is 17.4 Å². The van der Waals surface area contributed by atoms with Crippen molar-refractivity contribution in [3.8, 4) is 0 Å². The SMILES string of the molecule is CCC(C)[C@H](N)C(=O)N[C@@H](CCCCN)C(=O)O. The second-order valence-electron chi connectivity index (χ2n) is 4.60. The van der Waals surface area contributed by atoms with Crippen LogP contribution < -0.4 is 16.8 Å². The highest BCUT2D eigenvalue weighted by Crippen LogP contribution is 2.07. The van der Waals surface area contributed by atoms with Crippen LogP contribution in [0.4, 0.5) is 0 Å². The highest BCUT2D eigenvalue weighted by molar-refractivity contribution is 5.86. The highest BCUT2D eigenvalue weighted by atomic mass is 16.4. The minimum atomic E-state index is -1.03. The fourth-order valence-corrected chi connectivity index (χ4v) is 1.53. The Hall–Kier alpha value is -1.14. The molecule has 1 amide bonds. The molecule has 0 spiro atoms. The van der Waals surface area contributed by atoms with Crippen LogP contribution in [0.1, 0.15) is 39.5 Å². The van der Waals surface area contributed by atoms with E-state index in [2.05, 4.69) is 5.32 Å². The number of nitrogens with two attached hydrogens (primary N) is 2. The number of carbonyl (C=O) groups is 2. The molecule has 0 saturated carbocycles. The number of amides is 1. The normalized spacial score (nSPS) is 15.8. The maximum atomic E-state index is 11.8. The summed E-state index contributed by atoms with van der Waals surface area (Å²) < 4.78 is 0. The van der Waals surface area contributed by atoms with E-state index in [1.54, 1.807) is 0 Å². The Balaban J connectivity index is 4.31. The van der Waals surface area contributed by atoms with Gasteiger partial charge >= 0.3 is 5.97 Å². The third-order valence-electron chi connectivity index (χ3n) is 3.12. The zero-order valence-electron chi connectivity index (χ0n) is 11.2. The Morgan fingerprint density at radius 2 is 1.94 bits per heavy atom. The van der Waals surface area contributed by atoms with E-state index in [0.717, 1.165) is 12.8 Å². The van der Waals surface area contributed by atoms with Crippen molar-refractivity contribution in [3.05, 3.63) is 0 Å². The van der Waals surface area contributed by atoms with Gasteiger partial charge in [0, 0.05) is 0 Å². The lowest BCUT2D eigenvalue weighted by Crippen LogP contribution is -2.50. The second-order valence-corrected chi connectivity index (χ2v) is 4.60. The van der Waals surface area contributed by atoms with Gasteiger partial charge in [0.25, 0.3) is 0 Å². The molecule has 0 aliphatic heterocycles. The van der Waals surface area contributed by atoms with Gasteiger partial charge in [-0.2, -0.15) is 0 Å². The summed E-state index contributed by atoms with van der Waals surface area (Å²) in [5.74, 6) is -1.40. The summed E-state index contributed by atoms with van der Waals surface area (Å²) in [6.45, 7) is 4.33. The van der Waals surface area contributed by atoms with Crippen LogP contribution in [0.2, 0.25) is 0 Å². The van der Waals surface area contributed by atoms with E-state index in [-0.39, 0.29) is 5.92 Å². The molecule has 0 rings (SSSR count). The van der Waals surface area contributed by atoms with Crippen molar-refractivity contribution in [2.45, 2.75) is 51.6 Å². The van der Waals surface area contributed by atoms with Crippen molar-refractivity contribution in [1.82, 2.24) is 5.32 Å². The maximum absolute atomic E-state index is 11.8. The predicted molar refractivity (Wildman–Crippen MR) is 69.9 cm³/mol. The summed E-state index contributed by atoms with van der Waals surface area (Å²) in [6, 6.07) is -1.54. The first-order valence-corrected chi connectivity index (χ1v) is 6.42. The van der Waals surface area contributed by atoms with Gasteiger partial charge in [-0.05, 0) is 31.7 Å². The number of unbranched alkanes of at least 4 members (excludes halogenated alkanes) is 1. The first kappa shape index (κ1) is 16.9. The van der Waals surface area contributed by atoms with Gasteiger partial charge in [0.1, 0.15) is 6.04 Å². The summed E-state index contributed by atoms with van der Waals surface area (Å²) in [7, 11) is 0. The number of nitrogens with one attached hydrogen (secondary N) is 1. The molecule has 0 aliphatic rings. The molecule has 0 aromatic carbocycles. The van der Waals surface area contributed by atoms with Gasteiger partial charge in [-0.1, -0.05) is 20.3 Å². The minimum absolute atomic E-state index is 0.0310. The minimum Gasteiger partial charge on any atom is -0.480 e. The van der Waals surface area contributed by atoms with Crippen LogP contribution in [0, 0.1) is 5.92 Å². The number of hydrogen-bond acceptors (Lipinski definition) is 4. The molecule has 3 atom stereocenters. The first-order valence-electron chi connectivity index (χ1n) is 6.42. The van der Waals surface area contributed by atoms with Crippen LogP contribution in [0.15, 0.2) is 0 Å². The molecule has 0 aliphatic carbocycles. The van der Waals surface area contributed by atoms with Crippen LogP contribution in [0.5, 0.6) is 0 Å². The van der Waals surface area contributed by atoms with Gasteiger partial charge in [0.15, 0.2) is 0 Å². The van der Waals surface area contributed by atoms with Crippen molar-refractivity contribution in [1.29, 1.82) is 0 Å². The van der Waals surface area contributed by atoms with E-state index in [4.69, 9.17) is 16.6 Å². The van der Waals surface area contributed by atoms with E-state index in [1.807, 2.05) is 13.8 Å². The molecule has 0 fully saturated rings. The van der Waals surface area contributed by atoms with E-state index < -0.39 is 24.0 Å². The Morgan fingerprint density at radius 1 is 1.33 bits per heavy atom. The van der Waals surface area contributed by atoms with Crippen molar-refractivity contribution >= 4 is 11.9 Å². The largest absolute Gasteiger partial charge is 0.480 e. The molecular weight excluding hydrogens is 234 g/mol. The molecule has 0 aromatic rings. The molecular formula is C12H25N3O3. The van der Waals surface area contributed by atoms with E-state index >= 15 is 0 Å². The van der Waals surface area contributed by atoms with Crippen molar-refractivity contribution < 1.29 is 14.7 Å². The average Bonchev–Trinajstić information content (AvgIpc) is 2.35. The lowest BCUT2D eigenvalue weighted by molar-refractivity contribution is -0.142. The molecule has 6 N–H and O–H groups in total. The molecule has 1 unspecified atom stereocenters. The number of hydrogen-bond donors (Lipinski definition) is 4. The molecule has 0 aromatic heterocycles. The van der Waals surface area contributed by atoms with Crippen molar-refractivity contribution in [2.75, 3.05) is 6.54 Å². The smallest absolute Gasteiger partial charge is 0.326 e. The molecule has 18 heavy (non-hydrogen) atoms. The number of carbonyl (C=O) groups excluding carboxylic acids is 1. The summed E-state index contributed by atoms with van der Waals surface area (Å²) in [5.41, 5.74) is 11.1. The summed E-state index contributed by atoms with van der Waals surface area (Å²) >= 11 is 0. The van der Waals surface area contributed by atoms with E-state index in [9.17, 15) is 9.59 Å². The number of carboxylic acid groups (broad SMARTS) is 1. The third kappa shape index (κ3) is 5.97. The fraction of sp³-hybridized carbons (Fsp3) is 0.833. The van der Waals surface area contributed by atoms with Gasteiger partial charge < -0.3 is 21.9 Å². The molecule has 0 radical (unpaired) electrons. The Bertz CT molecular complexity index is 271. The van der Waals surface area contributed by atoms with E-state index in [1.165, 1.54) is 0 Å². The number of carboxylic acids is 1. The summed E-state index contributed by atoms with van der Waals surface area (Å²) in [5, 5.41) is 11.5. The molecule has 6 nitrogen and oxygen atoms in total. The summed E-state index contributed by atoms with van der Waals surface area (Å²) in [6.07, 6.45) is 2.58. The van der Waals surface area contributed by atoms with Gasteiger partial charge in [0.05, 0.1) is 6.04 Å². The predicted octanol–water partition coefficient (Wildman–Crippen LogP) is 0.0582. The van der Waals surface area contributed by atoms with Gasteiger partial charge in [-0.25, -0.2) is 4.79 Å². The number of aliphatic carboxylic acids is 1. The third-order valence-corrected chi connectivity index (χ3v) is 3.12. The van der Waals surface area contributed by atoms with Crippen LogP contribution in [0.25, 0.3) is 0 Å². The average molecular weight is 259 g/mol. The topological polar surface area (TPSA) is 118 Å². The van der Waals surface area contributed by atoms with Gasteiger partial charge in [0.2, 0.25) is 5.91 Å². The maximum Gasteiger partial charge on any atom is 0.326 e. The Morgan fingerprint density at radius 3 is 2.39 bits per heavy atom. The van der Waals surface area contributed by atoms with Crippen LogP contribution in [0.3, 0.4) is 0 Å². The highest BCUT2D eigenvalue weighted by Gasteiger charge is 2.25. The standard InChI is InChI=1S/C12H25N3O3/c1-3-8(2)10(14)11(16)15-9(12(17)18)6-4-5-7-13/h8-10H,3-7,13-14H2,1-2H3,(H,15,16)(H,17,18)/t8?,9-,10-/m0/s1.